The zero-order chi connectivity index (χ0) is 11.5. The monoisotopic (exact) mass is 224 g/mol. The fourth-order valence-electron chi connectivity index (χ4n) is 1.75. The van der Waals surface area contributed by atoms with E-state index in [1.54, 1.807) is 0 Å². The zero-order valence-electron chi connectivity index (χ0n) is 8.69. The average molecular weight is 224 g/mol. The first-order chi connectivity index (χ1) is 6.87. The Bertz CT molecular complexity index is 226. The van der Waals surface area contributed by atoms with E-state index in [0.717, 1.165) is 19.3 Å². The third-order valence-corrected chi connectivity index (χ3v) is 2.90. The minimum atomic E-state index is -4.24. The van der Waals surface area contributed by atoms with E-state index in [1.165, 1.54) is 7.11 Å². The second-order valence-electron chi connectivity index (χ2n) is 4.07. The molecule has 5 heteroatoms. The molecule has 0 aromatic carbocycles. The molecule has 0 aromatic rings. The number of methoxy groups -OCH3 is 1. The van der Waals surface area contributed by atoms with Crippen molar-refractivity contribution >= 4 is 5.78 Å². The first-order valence-corrected chi connectivity index (χ1v) is 5.00. The molecule has 88 valence electrons. The Hall–Kier alpha value is -0.580. The lowest BCUT2D eigenvalue weighted by atomic mass is 9.76. The van der Waals surface area contributed by atoms with Gasteiger partial charge in [0.1, 0.15) is 5.78 Å². The van der Waals surface area contributed by atoms with Gasteiger partial charge in [0.2, 0.25) is 0 Å². The zero-order valence-corrected chi connectivity index (χ0v) is 8.69. The highest BCUT2D eigenvalue weighted by Crippen LogP contribution is 2.38. The van der Waals surface area contributed by atoms with Crippen LogP contribution in [0.5, 0.6) is 0 Å². The number of carbonyl (C=O) groups excluding carboxylic acids is 1. The van der Waals surface area contributed by atoms with E-state index in [1.807, 2.05) is 0 Å². The van der Waals surface area contributed by atoms with Crippen molar-refractivity contribution in [3.63, 3.8) is 0 Å². The van der Waals surface area contributed by atoms with E-state index >= 15 is 0 Å². The number of Topliss-reactive ketones (excluding diaryl/α,β-unsaturated/α-hetero) is 1. The van der Waals surface area contributed by atoms with E-state index in [0.29, 0.717) is 0 Å². The van der Waals surface area contributed by atoms with Gasteiger partial charge in [-0.05, 0) is 19.3 Å². The number of alkyl halides is 3. The highest BCUT2D eigenvalue weighted by Gasteiger charge is 2.39. The van der Waals surface area contributed by atoms with Crippen LogP contribution in [0.3, 0.4) is 0 Å². The van der Waals surface area contributed by atoms with Gasteiger partial charge in [0, 0.05) is 20.0 Å². The normalized spacial score (nSPS) is 19.7. The topological polar surface area (TPSA) is 26.3 Å². The molecule has 0 atom stereocenters. The first kappa shape index (κ1) is 12.5. The predicted octanol–water partition coefficient (Wildman–Crippen LogP) is 2.86. The lowest BCUT2D eigenvalue weighted by Crippen LogP contribution is -2.41. The van der Waals surface area contributed by atoms with E-state index in [9.17, 15) is 18.0 Å². The van der Waals surface area contributed by atoms with Gasteiger partial charge in [-0.1, -0.05) is 0 Å². The van der Waals surface area contributed by atoms with Crippen molar-refractivity contribution in [1.82, 2.24) is 0 Å². The van der Waals surface area contributed by atoms with Gasteiger partial charge in [-0.2, -0.15) is 13.2 Å². The van der Waals surface area contributed by atoms with Gasteiger partial charge in [0.05, 0.1) is 12.0 Å². The highest BCUT2D eigenvalue weighted by molar-refractivity contribution is 5.79. The van der Waals surface area contributed by atoms with Gasteiger partial charge in [0.25, 0.3) is 0 Å². The summed E-state index contributed by atoms with van der Waals surface area (Å²) in [6.07, 6.45) is -3.02. The number of hydrogen-bond acceptors (Lipinski definition) is 2. The predicted molar refractivity (Wildman–Crippen MR) is 48.5 cm³/mol. The van der Waals surface area contributed by atoms with Crippen LogP contribution in [-0.2, 0) is 9.53 Å². The summed E-state index contributed by atoms with van der Waals surface area (Å²) in [6.45, 7) is 0. The number of rotatable bonds is 5. The molecule has 0 amide bonds. The average Bonchev–Trinajstić information content (AvgIpc) is 2.07. The third-order valence-electron chi connectivity index (χ3n) is 2.90. The minimum Gasteiger partial charge on any atom is -0.378 e. The molecule has 1 fully saturated rings. The Morgan fingerprint density at radius 2 is 2.00 bits per heavy atom. The van der Waals surface area contributed by atoms with Gasteiger partial charge in [-0.15, -0.1) is 0 Å². The van der Waals surface area contributed by atoms with Gasteiger partial charge in [-0.25, -0.2) is 0 Å². The van der Waals surface area contributed by atoms with Crippen LogP contribution in [0, 0.1) is 0 Å². The van der Waals surface area contributed by atoms with Crippen LogP contribution in [0.25, 0.3) is 0 Å². The molecule has 0 aromatic heterocycles. The molecule has 1 saturated carbocycles. The van der Waals surface area contributed by atoms with Crippen LogP contribution in [0.4, 0.5) is 13.2 Å². The molecule has 15 heavy (non-hydrogen) atoms. The van der Waals surface area contributed by atoms with Crippen LogP contribution in [0.1, 0.15) is 38.5 Å². The molecule has 0 heterocycles. The molecular weight excluding hydrogens is 209 g/mol. The molecule has 1 aliphatic rings. The molecule has 1 rings (SSSR count). The van der Waals surface area contributed by atoms with Gasteiger partial charge < -0.3 is 4.74 Å². The van der Waals surface area contributed by atoms with E-state index in [4.69, 9.17) is 4.74 Å². The van der Waals surface area contributed by atoms with Gasteiger partial charge in [-0.3, -0.25) is 4.79 Å². The maximum absolute atomic E-state index is 11.8. The fourth-order valence-corrected chi connectivity index (χ4v) is 1.75. The number of carbonyl (C=O) groups is 1. The van der Waals surface area contributed by atoms with Crippen LogP contribution >= 0.6 is 0 Å². The third kappa shape index (κ3) is 3.81. The number of ketones is 1. The molecule has 0 saturated heterocycles. The van der Waals surface area contributed by atoms with E-state index in [-0.39, 0.29) is 12.2 Å². The van der Waals surface area contributed by atoms with Crippen molar-refractivity contribution in [2.75, 3.05) is 7.11 Å². The number of hydrogen-bond donors (Lipinski definition) is 0. The summed E-state index contributed by atoms with van der Waals surface area (Å²) in [4.78, 5) is 11.3. The van der Waals surface area contributed by atoms with Crippen molar-refractivity contribution < 1.29 is 22.7 Å². The molecule has 0 radical (unpaired) electrons. The minimum absolute atomic E-state index is 0.125. The highest BCUT2D eigenvalue weighted by atomic mass is 19.4. The quantitative estimate of drug-likeness (QED) is 0.717. The van der Waals surface area contributed by atoms with Crippen LogP contribution in [-0.4, -0.2) is 24.7 Å². The molecule has 0 aliphatic heterocycles. The van der Waals surface area contributed by atoms with Crippen molar-refractivity contribution in [2.24, 2.45) is 0 Å². The van der Waals surface area contributed by atoms with E-state index in [2.05, 4.69) is 0 Å². The first-order valence-electron chi connectivity index (χ1n) is 5.00. The lowest BCUT2D eigenvalue weighted by Gasteiger charge is -2.40. The SMILES string of the molecule is COC1(CC(=O)CCC(F)(F)F)CCC1. The second kappa shape index (κ2) is 4.51. The molecular formula is C10H15F3O2. The number of ether oxygens (including phenoxy) is 1. The largest absolute Gasteiger partial charge is 0.389 e. The van der Waals surface area contributed by atoms with Crippen molar-refractivity contribution in [1.29, 1.82) is 0 Å². The second-order valence-corrected chi connectivity index (χ2v) is 4.07. The van der Waals surface area contributed by atoms with Crippen LogP contribution < -0.4 is 0 Å². The summed E-state index contributed by atoms with van der Waals surface area (Å²) in [6, 6.07) is 0. The Balaban J connectivity index is 2.29. The van der Waals surface area contributed by atoms with E-state index < -0.39 is 24.6 Å². The number of halogens is 3. The van der Waals surface area contributed by atoms with Crippen molar-refractivity contribution in [2.45, 2.75) is 50.3 Å². The Morgan fingerprint density at radius 1 is 1.40 bits per heavy atom. The Labute approximate surface area is 86.8 Å². The van der Waals surface area contributed by atoms with Crippen LogP contribution in [0.2, 0.25) is 0 Å². The summed E-state index contributed by atoms with van der Waals surface area (Å²) in [7, 11) is 1.51. The molecule has 0 unspecified atom stereocenters. The Kier molecular flexibility index (Phi) is 3.76. The summed E-state index contributed by atoms with van der Waals surface area (Å²) < 4.78 is 40.7. The maximum Gasteiger partial charge on any atom is 0.389 e. The molecule has 0 N–H and O–H groups in total. The lowest BCUT2D eigenvalue weighted by molar-refractivity contribution is -0.148. The summed E-state index contributed by atoms with van der Waals surface area (Å²) in [5, 5.41) is 0. The molecule has 0 bridgehead atoms. The Morgan fingerprint density at radius 3 is 2.33 bits per heavy atom. The van der Waals surface area contributed by atoms with Gasteiger partial charge in [0.15, 0.2) is 0 Å². The van der Waals surface area contributed by atoms with Crippen molar-refractivity contribution in [3.8, 4) is 0 Å². The molecule has 0 spiro atoms. The smallest absolute Gasteiger partial charge is 0.378 e. The summed E-state index contributed by atoms with van der Waals surface area (Å²) in [5.74, 6) is -0.353. The summed E-state index contributed by atoms with van der Waals surface area (Å²) >= 11 is 0. The maximum atomic E-state index is 11.8. The van der Waals surface area contributed by atoms with Gasteiger partial charge >= 0.3 is 6.18 Å². The molecule has 1 aliphatic carbocycles. The molecule has 2 nitrogen and oxygen atoms in total. The standard InChI is InChI=1S/C10H15F3O2/c1-15-9(4-2-5-9)7-8(14)3-6-10(11,12)13/h2-7H2,1H3. The fraction of sp³-hybridized carbons (Fsp3) is 0.900. The van der Waals surface area contributed by atoms with Crippen LogP contribution in [0.15, 0.2) is 0 Å². The van der Waals surface area contributed by atoms with Crippen molar-refractivity contribution in [3.05, 3.63) is 0 Å². The summed E-state index contributed by atoms with van der Waals surface area (Å²) in [5.41, 5.74) is -0.456.